The maximum absolute atomic E-state index is 13.0. The Morgan fingerprint density at radius 3 is 2.40 bits per heavy atom. The summed E-state index contributed by atoms with van der Waals surface area (Å²) in [4.78, 5) is 0. The standard InChI is InChI=1S/C18H26FN/c19-17-7-5-15(6-8-17)12-16(13-20-18-9-10-18)11-14-3-1-2-4-14/h5-8,14,16,18,20H,1-4,9-13H2. The normalized spacial score (nSPS) is 21.2. The van der Waals surface area contributed by atoms with Crippen LogP contribution in [0.5, 0.6) is 0 Å². The van der Waals surface area contributed by atoms with Crippen LogP contribution in [-0.2, 0) is 6.42 Å². The minimum atomic E-state index is -0.128. The van der Waals surface area contributed by atoms with Crippen molar-refractivity contribution < 1.29 is 4.39 Å². The number of rotatable bonds is 7. The third-order valence-corrected chi connectivity index (χ3v) is 4.85. The van der Waals surface area contributed by atoms with E-state index in [1.165, 1.54) is 50.5 Å². The highest BCUT2D eigenvalue weighted by Crippen LogP contribution is 2.31. The van der Waals surface area contributed by atoms with Crippen LogP contribution in [0.4, 0.5) is 4.39 Å². The summed E-state index contributed by atoms with van der Waals surface area (Å²) >= 11 is 0. The average molecular weight is 275 g/mol. The molecule has 0 bridgehead atoms. The largest absolute Gasteiger partial charge is 0.314 e. The summed E-state index contributed by atoms with van der Waals surface area (Å²) in [6.07, 6.45) is 10.8. The first kappa shape index (κ1) is 14.1. The Labute approximate surface area is 122 Å². The van der Waals surface area contributed by atoms with Crippen molar-refractivity contribution in [3.8, 4) is 0 Å². The van der Waals surface area contributed by atoms with Gasteiger partial charge >= 0.3 is 0 Å². The molecule has 0 aromatic heterocycles. The van der Waals surface area contributed by atoms with Crippen LogP contribution >= 0.6 is 0 Å². The minimum absolute atomic E-state index is 0.128. The topological polar surface area (TPSA) is 12.0 Å². The third kappa shape index (κ3) is 4.31. The van der Waals surface area contributed by atoms with Gasteiger partial charge < -0.3 is 5.32 Å². The van der Waals surface area contributed by atoms with Crippen molar-refractivity contribution in [1.29, 1.82) is 0 Å². The summed E-state index contributed by atoms with van der Waals surface area (Å²) in [5.74, 6) is 1.52. The summed E-state index contributed by atoms with van der Waals surface area (Å²) < 4.78 is 13.0. The molecule has 0 heterocycles. The van der Waals surface area contributed by atoms with E-state index in [0.29, 0.717) is 5.92 Å². The van der Waals surface area contributed by atoms with Crippen LogP contribution in [-0.4, -0.2) is 12.6 Å². The van der Waals surface area contributed by atoms with Crippen LogP contribution in [0.2, 0.25) is 0 Å². The van der Waals surface area contributed by atoms with E-state index >= 15 is 0 Å². The molecule has 0 amide bonds. The van der Waals surface area contributed by atoms with Gasteiger partial charge in [-0.05, 0) is 61.8 Å². The second kappa shape index (κ2) is 6.71. The smallest absolute Gasteiger partial charge is 0.123 e. The maximum Gasteiger partial charge on any atom is 0.123 e. The van der Waals surface area contributed by atoms with Crippen molar-refractivity contribution >= 4 is 0 Å². The molecule has 0 spiro atoms. The van der Waals surface area contributed by atoms with Gasteiger partial charge in [-0.2, -0.15) is 0 Å². The Morgan fingerprint density at radius 1 is 1.05 bits per heavy atom. The molecule has 1 aromatic rings. The van der Waals surface area contributed by atoms with E-state index in [4.69, 9.17) is 0 Å². The van der Waals surface area contributed by atoms with Crippen LogP contribution in [0.25, 0.3) is 0 Å². The van der Waals surface area contributed by atoms with Gasteiger partial charge in [-0.3, -0.25) is 0 Å². The molecule has 2 aliphatic carbocycles. The summed E-state index contributed by atoms with van der Waals surface area (Å²) in [5, 5.41) is 3.69. The molecule has 110 valence electrons. The maximum atomic E-state index is 13.0. The number of hydrogen-bond donors (Lipinski definition) is 1. The number of benzene rings is 1. The predicted octanol–water partition coefficient (Wildman–Crippen LogP) is 4.32. The van der Waals surface area contributed by atoms with E-state index in [9.17, 15) is 4.39 Å². The SMILES string of the molecule is Fc1ccc(CC(CNC2CC2)CC2CCCC2)cc1. The fourth-order valence-corrected chi connectivity index (χ4v) is 3.53. The summed E-state index contributed by atoms with van der Waals surface area (Å²) in [6.45, 7) is 1.14. The molecule has 2 aliphatic rings. The lowest BCUT2D eigenvalue weighted by molar-refractivity contribution is 0.356. The van der Waals surface area contributed by atoms with Gasteiger partial charge in [0.2, 0.25) is 0 Å². The highest BCUT2D eigenvalue weighted by atomic mass is 19.1. The molecule has 1 atom stereocenters. The fourth-order valence-electron chi connectivity index (χ4n) is 3.53. The highest BCUT2D eigenvalue weighted by Gasteiger charge is 2.24. The van der Waals surface area contributed by atoms with E-state index in [1.807, 2.05) is 12.1 Å². The van der Waals surface area contributed by atoms with Gasteiger partial charge in [0.05, 0.1) is 0 Å². The zero-order chi connectivity index (χ0) is 13.8. The molecule has 2 saturated carbocycles. The van der Waals surface area contributed by atoms with Crippen LogP contribution < -0.4 is 5.32 Å². The van der Waals surface area contributed by atoms with Crippen molar-refractivity contribution in [2.75, 3.05) is 6.54 Å². The molecular formula is C18H26FN. The molecule has 2 fully saturated rings. The predicted molar refractivity (Wildman–Crippen MR) is 81.2 cm³/mol. The molecule has 2 heteroatoms. The first-order chi connectivity index (χ1) is 9.79. The Bertz CT molecular complexity index is 404. The van der Waals surface area contributed by atoms with Gasteiger partial charge in [-0.25, -0.2) is 4.39 Å². The van der Waals surface area contributed by atoms with Gasteiger partial charge in [-0.1, -0.05) is 37.8 Å². The molecule has 0 aliphatic heterocycles. The average Bonchev–Trinajstić information content (AvgIpc) is 3.15. The molecule has 20 heavy (non-hydrogen) atoms. The van der Waals surface area contributed by atoms with Gasteiger partial charge in [0, 0.05) is 6.04 Å². The van der Waals surface area contributed by atoms with Gasteiger partial charge in [-0.15, -0.1) is 0 Å². The molecule has 1 nitrogen and oxygen atoms in total. The van der Waals surface area contributed by atoms with Crippen molar-refractivity contribution in [1.82, 2.24) is 5.32 Å². The van der Waals surface area contributed by atoms with Crippen molar-refractivity contribution in [3.05, 3.63) is 35.6 Å². The van der Waals surface area contributed by atoms with E-state index in [1.54, 1.807) is 12.1 Å². The minimum Gasteiger partial charge on any atom is -0.314 e. The summed E-state index contributed by atoms with van der Waals surface area (Å²) in [6, 6.07) is 7.88. The second-order valence-electron chi connectivity index (χ2n) is 6.77. The first-order valence-corrected chi connectivity index (χ1v) is 8.27. The zero-order valence-corrected chi connectivity index (χ0v) is 12.3. The monoisotopic (exact) mass is 275 g/mol. The quantitative estimate of drug-likeness (QED) is 0.781. The molecule has 0 radical (unpaired) electrons. The van der Waals surface area contributed by atoms with Crippen LogP contribution in [0, 0.1) is 17.7 Å². The molecular weight excluding hydrogens is 249 g/mol. The lowest BCUT2D eigenvalue weighted by Gasteiger charge is -2.21. The van der Waals surface area contributed by atoms with Crippen LogP contribution in [0.1, 0.15) is 50.5 Å². The van der Waals surface area contributed by atoms with Crippen molar-refractivity contribution in [3.63, 3.8) is 0 Å². The first-order valence-electron chi connectivity index (χ1n) is 8.27. The number of nitrogens with one attached hydrogen (secondary N) is 1. The lowest BCUT2D eigenvalue weighted by atomic mass is 9.88. The Morgan fingerprint density at radius 2 is 1.75 bits per heavy atom. The molecule has 1 N–H and O–H groups in total. The van der Waals surface area contributed by atoms with Crippen LogP contribution in [0.3, 0.4) is 0 Å². The Hall–Kier alpha value is -0.890. The van der Waals surface area contributed by atoms with E-state index in [-0.39, 0.29) is 5.82 Å². The summed E-state index contributed by atoms with van der Waals surface area (Å²) in [5.41, 5.74) is 1.28. The van der Waals surface area contributed by atoms with Crippen LogP contribution in [0.15, 0.2) is 24.3 Å². The summed E-state index contributed by atoms with van der Waals surface area (Å²) in [7, 11) is 0. The Kier molecular flexibility index (Phi) is 4.72. The van der Waals surface area contributed by atoms with Gasteiger partial charge in [0.1, 0.15) is 5.82 Å². The molecule has 1 aromatic carbocycles. The zero-order valence-electron chi connectivity index (χ0n) is 12.3. The number of halogens is 1. The fraction of sp³-hybridized carbons (Fsp3) is 0.667. The molecule has 0 saturated heterocycles. The second-order valence-corrected chi connectivity index (χ2v) is 6.77. The van der Waals surface area contributed by atoms with Gasteiger partial charge in [0.25, 0.3) is 0 Å². The third-order valence-electron chi connectivity index (χ3n) is 4.85. The molecule has 3 rings (SSSR count). The highest BCUT2D eigenvalue weighted by molar-refractivity contribution is 5.16. The lowest BCUT2D eigenvalue weighted by Crippen LogP contribution is -2.27. The number of hydrogen-bond acceptors (Lipinski definition) is 1. The van der Waals surface area contributed by atoms with E-state index in [2.05, 4.69) is 5.32 Å². The Balaban J connectivity index is 1.55. The van der Waals surface area contributed by atoms with Crippen molar-refractivity contribution in [2.45, 2.75) is 57.4 Å². The molecule has 1 unspecified atom stereocenters. The van der Waals surface area contributed by atoms with E-state index < -0.39 is 0 Å². The van der Waals surface area contributed by atoms with E-state index in [0.717, 1.165) is 24.9 Å². The van der Waals surface area contributed by atoms with Crippen molar-refractivity contribution in [2.24, 2.45) is 11.8 Å². The van der Waals surface area contributed by atoms with Gasteiger partial charge in [0.15, 0.2) is 0 Å².